The molecule has 4 aromatic carbocycles. The first-order valence-electron chi connectivity index (χ1n) is 18.6. The average Bonchev–Trinajstić information content (AvgIpc) is 3.15. The zero-order chi connectivity index (χ0) is 35.6. The van der Waals surface area contributed by atoms with Crippen molar-refractivity contribution in [3.63, 3.8) is 0 Å². The lowest BCUT2D eigenvalue weighted by atomic mass is 9.38. The maximum atomic E-state index is 5.12. The predicted octanol–water partition coefficient (Wildman–Crippen LogP) is 10.2. The van der Waals surface area contributed by atoms with Crippen LogP contribution in [0.15, 0.2) is 134 Å². The Hall–Kier alpha value is -5.36. The molecule has 6 aromatic rings. The Balaban J connectivity index is 1.37. The van der Waals surface area contributed by atoms with E-state index in [1.807, 2.05) is 36.9 Å². The second kappa shape index (κ2) is 12.1. The minimum atomic E-state index is -0.337. The number of hydrogen-bond donors (Lipinski definition) is 0. The van der Waals surface area contributed by atoms with Crippen LogP contribution in [-0.2, 0) is 10.8 Å². The minimum Gasteiger partial charge on any atom is -0.335 e. The summed E-state index contributed by atoms with van der Waals surface area (Å²) in [4.78, 5) is 25.9. The van der Waals surface area contributed by atoms with Crippen LogP contribution >= 0.6 is 0 Å². The molecule has 260 valence electrons. The second-order valence-corrected chi connectivity index (χ2v) is 16.2. The first-order chi connectivity index (χ1) is 25.2. The molecule has 2 aromatic heterocycles. The van der Waals surface area contributed by atoms with Crippen molar-refractivity contribution in [3.8, 4) is 0 Å². The summed E-state index contributed by atoms with van der Waals surface area (Å²) in [5.41, 5.74) is 8.50. The summed E-state index contributed by atoms with van der Waals surface area (Å²) in [6.07, 6.45) is 13.3. The van der Waals surface area contributed by atoms with Gasteiger partial charge in [-0.1, -0.05) is 70.8 Å². The van der Waals surface area contributed by atoms with Crippen LogP contribution < -0.4 is 9.80 Å². The molecule has 4 aliphatic carbocycles. The van der Waals surface area contributed by atoms with Gasteiger partial charge in [0.2, 0.25) is 0 Å². The van der Waals surface area contributed by atoms with E-state index in [0.29, 0.717) is 0 Å². The van der Waals surface area contributed by atoms with Crippen molar-refractivity contribution in [1.82, 2.24) is 19.9 Å². The molecule has 10 rings (SSSR count). The Bertz CT molecular complexity index is 1920. The molecule has 4 saturated carbocycles. The molecule has 0 unspecified atom stereocenters. The van der Waals surface area contributed by atoms with Gasteiger partial charge in [0.1, 0.15) is 11.6 Å². The molecular weight excluding hydrogens is 637 g/mol. The number of aryl methyl sites for hydroxylation is 4. The van der Waals surface area contributed by atoms with Gasteiger partial charge in [-0.25, -0.2) is 19.9 Å². The zero-order valence-corrected chi connectivity index (χ0v) is 30.6. The largest absolute Gasteiger partial charge is 0.335 e. The highest BCUT2D eigenvalue weighted by Crippen LogP contribution is 2.72. The van der Waals surface area contributed by atoms with E-state index in [4.69, 9.17) is 19.9 Å². The lowest BCUT2D eigenvalue weighted by molar-refractivity contribution is -0.0645. The van der Waals surface area contributed by atoms with Crippen LogP contribution in [0.2, 0.25) is 0 Å². The van der Waals surface area contributed by atoms with Gasteiger partial charge < -0.3 is 9.80 Å². The minimum absolute atomic E-state index is 0.328. The number of benzene rings is 4. The summed E-state index contributed by atoms with van der Waals surface area (Å²) < 4.78 is 0. The molecule has 4 aliphatic rings. The Kier molecular flexibility index (Phi) is 7.58. The molecule has 52 heavy (non-hydrogen) atoms. The van der Waals surface area contributed by atoms with Crippen molar-refractivity contribution in [2.75, 3.05) is 9.80 Å². The summed E-state index contributed by atoms with van der Waals surface area (Å²) in [5, 5.41) is 0. The monoisotopic (exact) mass is 682 g/mol. The highest BCUT2D eigenvalue weighted by molar-refractivity contribution is 5.71. The highest BCUT2D eigenvalue weighted by Gasteiger charge is 2.73. The SMILES string of the molecule is Cc1ccc(N(c2ccc(C)cc2)C23CC4(c5ncccn5)CC(c5ncccn5)(C2)CC(N(c2ccc(C)cc2)c2ccc(C)cc2)(C4)C3)cc1. The fourth-order valence-electron chi connectivity index (χ4n) is 10.8. The van der Waals surface area contributed by atoms with Crippen LogP contribution in [-0.4, -0.2) is 31.0 Å². The molecule has 0 radical (unpaired) electrons. The topological polar surface area (TPSA) is 58.0 Å². The molecule has 0 amide bonds. The molecule has 0 spiro atoms. The van der Waals surface area contributed by atoms with E-state index in [0.717, 1.165) is 50.2 Å². The molecule has 0 N–H and O–H groups in total. The van der Waals surface area contributed by atoms with Gasteiger partial charge in [-0.15, -0.1) is 0 Å². The van der Waals surface area contributed by atoms with Crippen molar-refractivity contribution in [1.29, 1.82) is 0 Å². The quantitative estimate of drug-likeness (QED) is 0.159. The Morgan fingerprint density at radius 1 is 0.365 bits per heavy atom. The van der Waals surface area contributed by atoms with Gasteiger partial charge in [0.05, 0.1) is 0 Å². The Morgan fingerprint density at radius 3 is 0.904 bits per heavy atom. The molecule has 0 atom stereocenters. The van der Waals surface area contributed by atoms with Crippen LogP contribution in [0, 0.1) is 27.7 Å². The zero-order valence-electron chi connectivity index (χ0n) is 30.6. The Morgan fingerprint density at radius 2 is 0.635 bits per heavy atom. The molecule has 0 aliphatic heterocycles. The third kappa shape index (κ3) is 5.30. The van der Waals surface area contributed by atoms with Gasteiger partial charge in [0, 0.05) is 69.4 Å². The van der Waals surface area contributed by atoms with Crippen LogP contribution in [0.25, 0.3) is 0 Å². The van der Waals surface area contributed by atoms with E-state index in [-0.39, 0.29) is 21.9 Å². The number of nitrogens with zero attached hydrogens (tertiary/aromatic N) is 6. The van der Waals surface area contributed by atoms with Crippen molar-refractivity contribution in [3.05, 3.63) is 168 Å². The smallest absolute Gasteiger partial charge is 0.134 e. The number of rotatable bonds is 8. The van der Waals surface area contributed by atoms with Gasteiger partial charge in [0.25, 0.3) is 0 Å². The van der Waals surface area contributed by atoms with Crippen molar-refractivity contribution in [2.24, 2.45) is 0 Å². The van der Waals surface area contributed by atoms with Crippen LogP contribution in [0.4, 0.5) is 22.7 Å². The predicted molar refractivity (Wildman–Crippen MR) is 210 cm³/mol. The maximum Gasteiger partial charge on any atom is 0.134 e. The molecule has 0 saturated heterocycles. The van der Waals surface area contributed by atoms with Gasteiger partial charge in [-0.05, 0) is 127 Å². The summed E-state index contributed by atoms with van der Waals surface area (Å²) in [6, 6.07) is 40.4. The standard InChI is InChI=1S/C46H46N6/c1-33-7-15-37(16-8-33)51(38-17-9-34(2)10-18-38)45-28-43(41-47-23-5-24-48-41)27-44(29-45,42-49-25-6-26-50-42)31-46(30-43,32-45)52(39-19-11-35(3)12-20-39)40-21-13-36(4)14-22-40/h5-26H,27-32H2,1-4H3. The molecule has 6 nitrogen and oxygen atoms in total. The fourth-order valence-corrected chi connectivity index (χ4v) is 10.8. The van der Waals surface area contributed by atoms with Gasteiger partial charge >= 0.3 is 0 Å². The molecule has 6 heteroatoms. The van der Waals surface area contributed by atoms with Crippen molar-refractivity contribution in [2.45, 2.75) is 88.1 Å². The maximum absolute atomic E-state index is 5.12. The molecular formula is C46H46N6. The first-order valence-corrected chi connectivity index (χ1v) is 18.6. The van der Waals surface area contributed by atoms with Crippen molar-refractivity contribution < 1.29 is 0 Å². The third-order valence-corrected chi connectivity index (χ3v) is 12.2. The molecule has 4 bridgehead atoms. The normalized spacial score (nSPS) is 25.9. The van der Waals surface area contributed by atoms with Gasteiger partial charge in [-0.3, -0.25) is 0 Å². The number of hydrogen-bond acceptors (Lipinski definition) is 6. The van der Waals surface area contributed by atoms with Gasteiger partial charge in [-0.2, -0.15) is 0 Å². The summed E-state index contributed by atoms with van der Waals surface area (Å²) in [7, 11) is 0. The van der Waals surface area contributed by atoms with E-state index in [1.54, 1.807) is 0 Å². The summed E-state index contributed by atoms with van der Waals surface area (Å²) in [6.45, 7) is 8.68. The second-order valence-electron chi connectivity index (χ2n) is 16.2. The fraction of sp³-hybridized carbons (Fsp3) is 0.304. The highest BCUT2D eigenvalue weighted by atomic mass is 15.3. The van der Waals surface area contributed by atoms with E-state index in [1.165, 1.54) is 45.0 Å². The summed E-state index contributed by atoms with van der Waals surface area (Å²) in [5.74, 6) is 1.87. The van der Waals surface area contributed by atoms with Crippen LogP contribution in [0.5, 0.6) is 0 Å². The summed E-state index contributed by atoms with van der Waals surface area (Å²) >= 11 is 0. The number of aromatic nitrogens is 4. The first kappa shape index (κ1) is 32.5. The molecule has 2 heterocycles. The van der Waals surface area contributed by atoms with Gasteiger partial charge in [0.15, 0.2) is 0 Å². The molecule has 4 fully saturated rings. The lowest BCUT2D eigenvalue weighted by Gasteiger charge is -2.73. The van der Waals surface area contributed by atoms with E-state index < -0.39 is 0 Å². The number of anilines is 4. The van der Waals surface area contributed by atoms with Crippen LogP contribution in [0.3, 0.4) is 0 Å². The average molecular weight is 683 g/mol. The van der Waals surface area contributed by atoms with E-state index in [2.05, 4.69) is 135 Å². The van der Waals surface area contributed by atoms with Crippen LogP contribution in [0.1, 0.15) is 72.4 Å². The lowest BCUT2D eigenvalue weighted by Crippen LogP contribution is -2.76. The third-order valence-electron chi connectivity index (χ3n) is 12.2. The van der Waals surface area contributed by atoms with E-state index in [9.17, 15) is 0 Å². The van der Waals surface area contributed by atoms with Crippen molar-refractivity contribution >= 4 is 22.7 Å². The Labute approximate surface area is 307 Å². The van der Waals surface area contributed by atoms with E-state index >= 15 is 0 Å².